The average Bonchev–Trinajstić information content (AvgIpc) is 3.43. The van der Waals surface area contributed by atoms with E-state index in [4.69, 9.17) is 19.7 Å². The summed E-state index contributed by atoms with van der Waals surface area (Å²) in [4.78, 5) is 34.7. The van der Waals surface area contributed by atoms with Crippen LogP contribution in [0.5, 0.6) is 6.01 Å². The molecule has 3 aliphatic rings. The van der Waals surface area contributed by atoms with Crippen LogP contribution in [0.25, 0.3) is 22.3 Å². The molecular formula is C31H35N7O2S. The molecule has 0 bridgehead atoms. The van der Waals surface area contributed by atoms with Gasteiger partial charge in [0, 0.05) is 36.1 Å². The van der Waals surface area contributed by atoms with Gasteiger partial charge in [0.1, 0.15) is 12.4 Å². The monoisotopic (exact) mass is 569 g/mol. The molecule has 212 valence electrons. The minimum absolute atomic E-state index is 0.155. The van der Waals surface area contributed by atoms with Crippen molar-refractivity contribution in [3.63, 3.8) is 0 Å². The van der Waals surface area contributed by atoms with E-state index in [2.05, 4.69) is 59.8 Å². The molecule has 3 aliphatic heterocycles. The van der Waals surface area contributed by atoms with Crippen molar-refractivity contribution in [1.29, 1.82) is 5.26 Å². The summed E-state index contributed by atoms with van der Waals surface area (Å²) in [5, 5.41) is 10.3. The van der Waals surface area contributed by atoms with E-state index in [0.717, 1.165) is 54.0 Å². The Hall–Kier alpha value is -3.68. The summed E-state index contributed by atoms with van der Waals surface area (Å²) < 4.78 is 6.22. The highest BCUT2D eigenvalue weighted by Gasteiger charge is 2.31. The van der Waals surface area contributed by atoms with Crippen LogP contribution in [-0.2, 0) is 11.2 Å². The Labute approximate surface area is 245 Å². The molecule has 2 fully saturated rings. The Morgan fingerprint density at radius 3 is 2.88 bits per heavy atom. The second kappa shape index (κ2) is 12.0. The molecule has 9 nitrogen and oxygen atoms in total. The summed E-state index contributed by atoms with van der Waals surface area (Å²) in [6.07, 6.45) is 6.08. The molecule has 0 aliphatic carbocycles. The number of nitriles is 1. The molecule has 6 rings (SSSR count). The highest BCUT2D eigenvalue weighted by Crippen LogP contribution is 2.39. The van der Waals surface area contributed by atoms with Crippen molar-refractivity contribution < 1.29 is 9.53 Å². The van der Waals surface area contributed by atoms with Crippen LogP contribution in [0.2, 0.25) is 0 Å². The van der Waals surface area contributed by atoms with Crippen LogP contribution < -0.4 is 9.64 Å². The molecule has 2 saturated heterocycles. The first-order chi connectivity index (χ1) is 20.1. The fourth-order valence-corrected chi connectivity index (χ4v) is 7.29. The third kappa shape index (κ3) is 5.61. The number of likely N-dealkylation sites (tertiary alicyclic amines) is 1. The number of thioether (sulfide) groups is 1. The molecule has 0 radical (unpaired) electrons. The summed E-state index contributed by atoms with van der Waals surface area (Å²) in [5.74, 6) is 1.68. The van der Waals surface area contributed by atoms with Gasteiger partial charge >= 0.3 is 6.01 Å². The van der Waals surface area contributed by atoms with Gasteiger partial charge in [-0.05, 0) is 68.8 Å². The van der Waals surface area contributed by atoms with E-state index >= 15 is 0 Å². The molecule has 2 aromatic heterocycles. The zero-order valence-corrected chi connectivity index (χ0v) is 24.3. The standard InChI is InChI=1S/C31H35N7O2S/c1-3-27(39)38-17-16-37(19-22(38)13-14-32)30-25-11-12-26(24-10-4-7-21-8-6-18-41-28(21)24)33-29(25)34-31(35-30)40-20-23-9-5-15-36(23)2/h3-4,7,10-12,22-23H,1,5-6,8-9,13,15-20H2,2H3/t22-,23-/m0/s1. The van der Waals surface area contributed by atoms with E-state index in [-0.39, 0.29) is 18.4 Å². The Morgan fingerprint density at radius 1 is 1.17 bits per heavy atom. The first-order valence-electron chi connectivity index (χ1n) is 14.4. The minimum Gasteiger partial charge on any atom is -0.462 e. The van der Waals surface area contributed by atoms with Gasteiger partial charge in [-0.25, -0.2) is 4.98 Å². The SMILES string of the molecule is C=CC(=O)N1CCN(c2nc(OC[C@@H]3CCCN3C)nc3nc(-c4cccc5c4SCCC5)ccc23)C[C@@H]1CC#N. The van der Waals surface area contributed by atoms with E-state index in [1.807, 2.05) is 11.8 Å². The molecule has 41 heavy (non-hydrogen) atoms. The molecule has 10 heteroatoms. The molecule has 0 N–H and O–H groups in total. The van der Waals surface area contributed by atoms with Crippen molar-refractivity contribution >= 4 is 34.5 Å². The molecular weight excluding hydrogens is 534 g/mol. The topological polar surface area (TPSA) is 98.5 Å². The van der Waals surface area contributed by atoms with Crippen molar-refractivity contribution in [3.05, 3.63) is 48.6 Å². The lowest BCUT2D eigenvalue weighted by atomic mass is 10.0. The Morgan fingerprint density at radius 2 is 2.07 bits per heavy atom. The second-order valence-electron chi connectivity index (χ2n) is 10.9. The van der Waals surface area contributed by atoms with Crippen molar-refractivity contribution in [1.82, 2.24) is 24.8 Å². The summed E-state index contributed by atoms with van der Waals surface area (Å²) in [6, 6.07) is 13.2. The van der Waals surface area contributed by atoms with E-state index in [9.17, 15) is 10.1 Å². The number of anilines is 1. The van der Waals surface area contributed by atoms with Gasteiger partial charge in [0.25, 0.3) is 0 Å². The predicted molar refractivity (Wildman–Crippen MR) is 161 cm³/mol. The van der Waals surface area contributed by atoms with Crippen LogP contribution >= 0.6 is 11.8 Å². The summed E-state index contributed by atoms with van der Waals surface area (Å²) in [6.45, 7) is 6.75. The van der Waals surface area contributed by atoms with Crippen molar-refractivity contribution in [2.24, 2.45) is 0 Å². The van der Waals surface area contributed by atoms with Crippen LogP contribution in [0.15, 0.2) is 47.9 Å². The second-order valence-corrected chi connectivity index (χ2v) is 12.0. The van der Waals surface area contributed by atoms with Gasteiger partial charge in [0.2, 0.25) is 5.91 Å². The zero-order valence-electron chi connectivity index (χ0n) is 23.5. The quantitative estimate of drug-likeness (QED) is 0.385. The van der Waals surface area contributed by atoms with Crippen LogP contribution in [-0.4, -0.2) is 88.3 Å². The van der Waals surface area contributed by atoms with Gasteiger partial charge in [-0.2, -0.15) is 15.2 Å². The lowest BCUT2D eigenvalue weighted by molar-refractivity contribution is -0.128. The molecule has 5 heterocycles. The van der Waals surface area contributed by atoms with Crippen molar-refractivity contribution in [3.8, 4) is 23.3 Å². The number of aryl methyl sites for hydroxylation is 1. The minimum atomic E-state index is -0.263. The molecule has 0 spiro atoms. The molecule has 1 aromatic carbocycles. The number of aromatic nitrogens is 3. The van der Waals surface area contributed by atoms with Gasteiger partial charge in [-0.15, -0.1) is 11.8 Å². The average molecular weight is 570 g/mol. The third-order valence-electron chi connectivity index (χ3n) is 8.37. The molecule has 3 aromatic rings. The molecule has 2 atom stereocenters. The van der Waals surface area contributed by atoms with E-state index < -0.39 is 0 Å². The Balaban J connectivity index is 1.38. The lowest BCUT2D eigenvalue weighted by Crippen LogP contribution is -2.55. The first-order valence-corrected chi connectivity index (χ1v) is 15.4. The van der Waals surface area contributed by atoms with Crippen LogP contribution in [0.3, 0.4) is 0 Å². The normalized spacial score (nSPS) is 21.0. The number of hydrogen-bond acceptors (Lipinski definition) is 9. The highest BCUT2D eigenvalue weighted by atomic mass is 32.2. The summed E-state index contributed by atoms with van der Waals surface area (Å²) >= 11 is 1.90. The van der Waals surface area contributed by atoms with Gasteiger partial charge in [0.15, 0.2) is 5.65 Å². The van der Waals surface area contributed by atoms with E-state index in [1.165, 1.54) is 23.0 Å². The number of amides is 1. The maximum Gasteiger partial charge on any atom is 0.320 e. The number of benzene rings is 1. The Kier molecular flexibility index (Phi) is 8.08. The van der Waals surface area contributed by atoms with Gasteiger partial charge < -0.3 is 19.4 Å². The molecule has 1 amide bonds. The number of ether oxygens (including phenoxy) is 1. The fraction of sp³-hybridized carbons (Fsp3) is 0.452. The van der Waals surface area contributed by atoms with Crippen LogP contribution in [0, 0.1) is 11.3 Å². The largest absolute Gasteiger partial charge is 0.462 e. The number of fused-ring (bicyclic) bond motifs is 2. The number of likely N-dealkylation sites (N-methyl/N-ethyl adjacent to an activating group) is 1. The Bertz CT molecular complexity index is 1510. The number of nitrogens with zero attached hydrogens (tertiary/aromatic N) is 7. The summed E-state index contributed by atoms with van der Waals surface area (Å²) in [5.41, 5.74) is 3.99. The predicted octanol–water partition coefficient (Wildman–Crippen LogP) is 4.32. The molecule has 0 unspecified atom stereocenters. The first kappa shape index (κ1) is 27.5. The number of hydrogen-bond donors (Lipinski definition) is 0. The third-order valence-corrected chi connectivity index (χ3v) is 9.64. The number of rotatable bonds is 7. The van der Waals surface area contributed by atoms with E-state index in [1.54, 1.807) is 4.90 Å². The zero-order chi connectivity index (χ0) is 28.3. The maximum atomic E-state index is 12.5. The number of carbonyl (C=O) groups excluding carboxylic acids is 1. The van der Waals surface area contributed by atoms with Gasteiger partial charge in [0.05, 0.1) is 29.6 Å². The van der Waals surface area contributed by atoms with Gasteiger partial charge in [-0.3, -0.25) is 4.79 Å². The smallest absolute Gasteiger partial charge is 0.320 e. The summed E-state index contributed by atoms with van der Waals surface area (Å²) in [7, 11) is 2.12. The van der Waals surface area contributed by atoms with Crippen molar-refractivity contribution in [2.75, 3.05) is 50.5 Å². The van der Waals surface area contributed by atoms with Crippen LogP contribution in [0.1, 0.15) is 31.2 Å². The molecule has 0 saturated carbocycles. The van der Waals surface area contributed by atoms with Crippen LogP contribution in [0.4, 0.5) is 5.82 Å². The van der Waals surface area contributed by atoms with Gasteiger partial charge in [-0.1, -0.05) is 24.8 Å². The highest BCUT2D eigenvalue weighted by molar-refractivity contribution is 7.99. The van der Waals surface area contributed by atoms with E-state index in [0.29, 0.717) is 43.9 Å². The number of pyridine rings is 1. The number of carbonyl (C=O) groups is 1. The fourth-order valence-electron chi connectivity index (χ4n) is 6.12. The number of piperazine rings is 1. The van der Waals surface area contributed by atoms with Crippen molar-refractivity contribution in [2.45, 2.75) is 49.1 Å². The maximum absolute atomic E-state index is 12.5. The lowest BCUT2D eigenvalue weighted by Gasteiger charge is -2.41.